The van der Waals surface area contributed by atoms with Crippen molar-refractivity contribution in [1.29, 1.82) is 0 Å². The lowest BCUT2D eigenvalue weighted by atomic mass is 10.00. The fourth-order valence-corrected chi connectivity index (χ4v) is 2.03. The van der Waals surface area contributed by atoms with Crippen LogP contribution < -0.4 is 0 Å². The van der Waals surface area contributed by atoms with Crippen LogP contribution in [0, 0.1) is 3.57 Å². The van der Waals surface area contributed by atoms with Gasteiger partial charge in [0.05, 0.1) is 0 Å². The van der Waals surface area contributed by atoms with Crippen molar-refractivity contribution in [3.63, 3.8) is 0 Å². The molecule has 0 aliphatic carbocycles. The Morgan fingerprint density at radius 2 is 1.53 bits per heavy atom. The first-order valence-corrected chi connectivity index (χ1v) is 5.85. The van der Waals surface area contributed by atoms with Gasteiger partial charge in [0.2, 0.25) is 0 Å². The lowest BCUT2D eigenvalue weighted by molar-refractivity contribution is 1.53. The highest BCUT2D eigenvalue weighted by Gasteiger charge is 2.01. The summed E-state index contributed by atoms with van der Waals surface area (Å²) in [5.74, 6) is 0. The summed E-state index contributed by atoms with van der Waals surface area (Å²) in [7, 11) is 0. The standard InChI is InChI=1S/C14H11I/c1-11(12-6-3-2-4-7-12)13-8-5-9-14(15)10-13/h2-10H,1H2. The molecule has 0 aliphatic heterocycles. The van der Waals surface area contributed by atoms with Gasteiger partial charge in [0.15, 0.2) is 0 Å². The molecule has 0 bridgehead atoms. The van der Waals surface area contributed by atoms with E-state index in [0.29, 0.717) is 0 Å². The molecule has 0 amide bonds. The van der Waals surface area contributed by atoms with E-state index in [1.54, 1.807) is 0 Å². The highest BCUT2D eigenvalue weighted by atomic mass is 127. The van der Waals surface area contributed by atoms with Gasteiger partial charge in [-0.05, 0) is 51.4 Å². The highest BCUT2D eigenvalue weighted by Crippen LogP contribution is 2.22. The Morgan fingerprint density at radius 1 is 0.867 bits per heavy atom. The number of rotatable bonds is 2. The highest BCUT2D eigenvalue weighted by molar-refractivity contribution is 14.1. The average Bonchev–Trinajstić information content (AvgIpc) is 2.29. The van der Waals surface area contributed by atoms with Gasteiger partial charge < -0.3 is 0 Å². The third-order valence-corrected chi connectivity index (χ3v) is 2.97. The Balaban J connectivity index is 2.37. The summed E-state index contributed by atoms with van der Waals surface area (Å²) in [5, 5.41) is 0. The predicted octanol–water partition coefficient (Wildman–Crippen LogP) is 4.35. The van der Waals surface area contributed by atoms with E-state index in [0.717, 1.165) is 5.57 Å². The van der Waals surface area contributed by atoms with Crippen LogP contribution in [-0.2, 0) is 0 Å². The van der Waals surface area contributed by atoms with Gasteiger partial charge in [0.25, 0.3) is 0 Å². The molecule has 0 atom stereocenters. The minimum absolute atomic E-state index is 1.08. The summed E-state index contributed by atoms with van der Waals surface area (Å²) >= 11 is 2.32. The molecule has 1 heteroatoms. The van der Waals surface area contributed by atoms with Crippen LogP contribution in [0.4, 0.5) is 0 Å². The van der Waals surface area contributed by atoms with Crippen LogP contribution in [0.3, 0.4) is 0 Å². The fourth-order valence-electron chi connectivity index (χ4n) is 1.48. The first-order chi connectivity index (χ1) is 7.27. The normalized spacial score (nSPS) is 9.93. The molecule has 15 heavy (non-hydrogen) atoms. The Kier molecular flexibility index (Phi) is 3.21. The number of halogens is 1. The molecule has 0 aliphatic rings. The molecule has 2 rings (SSSR count). The molecule has 0 fully saturated rings. The van der Waals surface area contributed by atoms with E-state index in [4.69, 9.17) is 0 Å². The third kappa shape index (κ3) is 2.48. The molecular formula is C14H11I. The lowest BCUT2D eigenvalue weighted by Crippen LogP contribution is -1.86. The van der Waals surface area contributed by atoms with Crippen molar-refractivity contribution in [2.45, 2.75) is 0 Å². The molecule has 0 N–H and O–H groups in total. The molecule has 0 spiro atoms. The predicted molar refractivity (Wildman–Crippen MR) is 73.7 cm³/mol. The zero-order valence-electron chi connectivity index (χ0n) is 8.28. The zero-order valence-corrected chi connectivity index (χ0v) is 10.4. The summed E-state index contributed by atoms with van der Waals surface area (Å²) in [6.45, 7) is 4.13. The Labute approximate surface area is 104 Å². The second kappa shape index (κ2) is 4.62. The quantitative estimate of drug-likeness (QED) is 0.724. The van der Waals surface area contributed by atoms with Crippen LogP contribution in [0.15, 0.2) is 61.2 Å². The maximum Gasteiger partial charge on any atom is 0.0136 e. The van der Waals surface area contributed by atoms with Gasteiger partial charge in [-0.3, -0.25) is 0 Å². The van der Waals surface area contributed by atoms with E-state index in [9.17, 15) is 0 Å². The smallest absolute Gasteiger partial charge is 0.0136 e. The van der Waals surface area contributed by atoms with Crippen molar-refractivity contribution in [2.24, 2.45) is 0 Å². The van der Waals surface area contributed by atoms with Crippen LogP contribution in [0.5, 0.6) is 0 Å². The summed E-state index contributed by atoms with van der Waals surface area (Å²) in [6.07, 6.45) is 0. The van der Waals surface area contributed by atoms with E-state index in [1.807, 2.05) is 18.2 Å². The summed E-state index contributed by atoms with van der Waals surface area (Å²) < 4.78 is 1.24. The van der Waals surface area contributed by atoms with Crippen molar-refractivity contribution in [3.8, 4) is 0 Å². The van der Waals surface area contributed by atoms with Crippen molar-refractivity contribution in [2.75, 3.05) is 0 Å². The zero-order chi connectivity index (χ0) is 10.7. The maximum absolute atomic E-state index is 4.13. The fraction of sp³-hybridized carbons (Fsp3) is 0. The Hall–Kier alpha value is -1.09. The minimum atomic E-state index is 1.08. The monoisotopic (exact) mass is 306 g/mol. The molecule has 0 aromatic heterocycles. The first-order valence-electron chi connectivity index (χ1n) is 4.77. The Morgan fingerprint density at radius 3 is 2.20 bits per heavy atom. The van der Waals surface area contributed by atoms with E-state index in [2.05, 4.69) is 65.6 Å². The lowest BCUT2D eigenvalue weighted by Gasteiger charge is -2.06. The van der Waals surface area contributed by atoms with E-state index in [-0.39, 0.29) is 0 Å². The molecule has 2 aromatic carbocycles. The van der Waals surface area contributed by atoms with E-state index >= 15 is 0 Å². The van der Waals surface area contributed by atoms with Crippen LogP contribution in [0.1, 0.15) is 11.1 Å². The average molecular weight is 306 g/mol. The van der Waals surface area contributed by atoms with Crippen molar-refractivity contribution in [3.05, 3.63) is 75.9 Å². The number of hydrogen-bond donors (Lipinski definition) is 0. The summed E-state index contributed by atoms with van der Waals surface area (Å²) in [5.41, 5.74) is 3.45. The van der Waals surface area contributed by atoms with Gasteiger partial charge in [0.1, 0.15) is 0 Å². The minimum Gasteiger partial charge on any atom is -0.0906 e. The molecule has 0 heterocycles. The number of benzene rings is 2. The third-order valence-electron chi connectivity index (χ3n) is 2.30. The van der Waals surface area contributed by atoms with E-state index < -0.39 is 0 Å². The van der Waals surface area contributed by atoms with Gasteiger partial charge in [-0.15, -0.1) is 0 Å². The van der Waals surface area contributed by atoms with Crippen molar-refractivity contribution < 1.29 is 0 Å². The molecule has 0 unspecified atom stereocenters. The van der Waals surface area contributed by atoms with Crippen LogP contribution >= 0.6 is 22.6 Å². The Bertz CT molecular complexity index is 472. The van der Waals surface area contributed by atoms with Gasteiger partial charge in [-0.25, -0.2) is 0 Å². The summed E-state index contributed by atoms with van der Waals surface area (Å²) in [6, 6.07) is 18.7. The van der Waals surface area contributed by atoms with Crippen molar-refractivity contribution in [1.82, 2.24) is 0 Å². The van der Waals surface area contributed by atoms with Crippen LogP contribution in [-0.4, -0.2) is 0 Å². The van der Waals surface area contributed by atoms with Gasteiger partial charge in [-0.1, -0.05) is 49.0 Å². The molecule has 0 saturated carbocycles. The van der Waals surface area contributed by atoms with E-state index in [1.165, 1.54) is 14.7 Å². The second-order valence-electron chi connectivity index (χ2n) is 3.35. The van der Waals surface area contributed by atoms with Crippen LogP contribution in [0.25, 0.3) is 5.57 Å². The van der Waals surface area contributed by atoms with Crippen molar-refractivity contribution >= 4 is 28.2 Å². The molecular weight excluding hydrogens is 295 g/mol. The molecule has 0 radical (unpaired) electrons. The van der Waals surface area contributed by atoms with Gasteiger partial charge in [0, 0.05) is 3.57 Å². The SMILES string of the molecule is C=C(c1ccccc1)c1cccc(I)c1. The molecule has 0 saturated heterocycles. The largest absolute Gasteiger partial charge is 0.0906 e. The molecule has 74 valence electrons. The maximum atomic E-state index is 4.13. The number of hydrogen-bond acceptors (Lipinski definition) is 0. The summed E-state index contributed by atoms with van der Waals surface area (Å²) in [4.78, 5) is 0. The topological polar surface area (TPSA) is 0 Å². The first kappa shape index (κ1) is 10.4. The van der Waals surface area contributed by atoms with Gasteiger partial charge >= 0.3 is 0 Å². The molecule has 0 nitrogen and oxygen atoms in total. The van der Waals surface area contributed by atoms with Crippen LogP contribution in [0.2, 0.25) is 0 Å². The molecule has 2 aromatic rings. The second-order valence-corrected chi connectivity index (χ2v) is 4.60. The van der Waals surface area contributed by atoms with Gasteiger partial charge in [-0.2, -0.15) is 0 Å².